The number of halogens is 1. The van der Waals surface area contributed by atoms with Gasteiger partial charge in [0.1, 0.15) is 0 Å². The van der Waals surface area contributed by atoms with E-state index in [1.54, 1.807) is 32.0 Å². The number of esters is 2. The van der Waals surface area contributed by atoms with Crippen LogP contribution in [0.3, 0.4) is 0 Å². The van der Waals surface area contributed by atoms with E-state index in [2.05, 4.69) is 6.58 Å². The van der Waals surface area contributed by atoms with Crippen LogP contribution in [0.1, 0.15) is 26.3 Å². The Hall–Kier alpha value is -2.17. The Labute approximate surface area is 129 Å². The predicted molar refractivity (Wildman–Crippen MR) is 80.8 cm³/mol. The van der Waals surface area contributed by atoms with Crippen LogP contribution in [-0.4, -0.2) is 25.2 Å². The van der Waals surface area contributed by atoms with Crippen LogP contribution in [0.4, 0.5) is 4.39 Å². The number of rotatable bonds is 7. The van der Waals surface area contributed by atoms with Gasteiger partial charge in [0.05, 0.1) is 13.2 Å². The zero-order chi connectivity index (χ0) is 16.8. The Morgan fingerprint density at radius 3 is 1.95 bits per heavy atom. The summed E-state index contributed by atoms with van der Waals surface area (Å²) in [5.41, 5.74) is -4.50. The molecule has 0 saturated carbocycles. The molecule has 0 aliphatic rings. The van der Waals surface area contributed by atoms with Gasteiger partial charge >= 0.3 is 11.9 Å². The number of hydrogen-bond acceptors (Lipinski definition) is 4. The lowest BCUT2D eigenvalue weighted by Gasteiger charge is -2.37. The quantitative estimate of drug-likeness (QED) is 0.441. The van der Waals surface area contributed by atoms with E-state index < -0.39 is 23.0 Å². The van der Waals surface area contributed by atoms with Gasteiger partial charge in [-0.15, -0.1) is 0 Å². The van der Waals surface area contributed by atoms with Crippen molar-refractivity contribution in [3.63, 3.8) is 0 Å². The number of ether oxygens (including phenoxy) is 2. The van der Waals surface area contributed by atoms with Gasteiger partial charge in [-0.3, -0.25) is 9.59 Å². The summed E-state index contributed by atoms with van der Waals surface area (Å²) in [6, 6.07) is 7.91. The molecule has 5 heteroatoms. The minimum Gasteiger partial charge on any atom is -0.465 e. The van der Waals surface area contributed by atoms with Crippen LogP contribution in [0.15, 0.2) is 43.0 Å². The normalized spacial score (nSPS) is 13.8. The Morgan fingerprint density at radius 1 is 1.14 bits per heavy atom. The van der Waals surface area contributed by atoms with Crippen molar-refractivity contribution in [3.8, 4) is 0 Å². The van der Waals surface area contributed by atoms with Crippen molar-refractivity contribution in [2.75, 3.05) is 13.2 Å². The lowest BCUT2D eigenvalue weighted by atomic mass is 9.70. The molecule has 0 aliphatic heterocycles. The maximum Gasteiger partial charge on any atom is 0.327 e. The zero-order valence-corrected chi connectivity index (χ0v) is 13.1. The molecule has 0 radical (unpaired) electrons. The molecule has 0 unspecified atom stereocenters. The summed E-state index contributed by atoms with van der Waals surface area (Å²) < 4.78 is 25.6. The molecule has 0 fully saturated rings. The smallest absolute Gasteiger partial charge is 0.327 e. The Bertz CT molecular complexity index is 523. The van der Waals surface area contributed by atoms with Crippen molar-refractivity contribution in [1.82, 2.24) is 0 Å². The lowest BCUT2D eigenvalue weighted by Crippen LogP contribution is -2.52. The summed E-state index contributed by atoms with van der Waals surface area (Å²) in [7, 11) is 0. The average molecular weight is 308 g/mol. The summed E-state index contributed by atoms with van der Waals surface area (Å²) in [4.78, 5) is 24.7. The second kappa shape index (κ2) is 7.20. The van der Waals surface area contributed by atoms with Crippen molar-refractivity contribution in [2.24, 2.45) is 5.41 Å². The van der Waals surface area contributed by atoms with E-state index in [1.807, 2.05) is 0 Å². The molecular weight excluding hydrogens is 287 g/mol. The fourth-order valence-electron chi connectivity index (χ4n) is 2.22. The summed E-state index contributed by atoms with van der Waals surface area (Å²) >= 11 is 0. The van der Waals surface area contributed by atoms with Crippen LogP contribution in [0.5, 0.6) is 0 Å². The molecule has 4 nitrogen and oxygen atoms in total. The molecule has 0 amide bonds. The fraction of sp³-hybridized carbons (Fsp3) is 0.412. The molecule has 0 heterocycles. The first-order valence-electron chi connectivity index (χ1n) is 7.10. The molecule has 0 saturated heterocycles. The molecular formula is C17H21FO4. The third kappa shape index (κ3) is 2.89. The average Bonchev–Trinajstić information content (AvgIpc) is 2.54. The van der Waals surface area contributed by atoms with E-state index in [0.717, 1.165) is 6.08 Å². The molecule has 0 aliphatic carbocycles. The van der Waals surface area contributed by atoms with Gasteiger partial charge in [-0.2, -0.15) is 0 Å². The highest BCUT2D eigenvalue weighted by Gasteiger charge is 2.61. The fourth-order valence-corrected chi connectivity index (χ4v) is 2.22. The summed E-state index contributed by atoms with van der Waals surface area (Å²) in [6.07, 6.45) is 0.941. The second-order valence-corrected chi connectivity index (χ2v) is 4.85. The first-order valence-corrected chi connectivity index (χ1v) is 7.10. The van der Waals surface area contributed by atoms with E-state index in [4.69, 9.17) is 9.47 Å². The maximum atomic E-state index is 15.7. The largest absolute Gasteiger partial charge is 0.465 e. The summed E-state index contributed by atoms with van der Waals surface area (Å²) in [5.74, 6) is -1.97. The van der Waals surface area contributed by atoms with E-state index in [9.17, 15) is 9.59 Å². The molecule has 120 valence electrons. The van der Waals surface area contributed by atoms with E-state index in [1.165, 1.54) is 19.1 Å². The monoisotopic (exact) mass is 308 g/mol. The number of benzene rings is 1. The van der Waals surface area contributed by atoms with Gasteiger partial charge in [-0.1, -0.05) is 36.9 Å². The number of alkyl halides is 1. The second-order valence-electron chi connectivity index (χ2n) is 4.85. The van der Waals surface area contributed by atoms with Gasteiger partial charge in [0.15, 0.2) is 5.67 Å². The molecule has 22 heavy (non-hydrogen) atoms. The van der Waals surface area contributed by atoms with Crippen LogP contribution in [-0.2, 0) is 24.7 Å². The van der Waals surface area contributed by atoms with E-state index in [-0.39, 0.29) is 18.8 Å². The van der Waals surface area contributed by atoms with E-state index in [0.29, 0.717) is 0 Å². The lowest BCUT2D eigenvalue weighted by molar-refractivity contribution is -0.181. The van der Waals surface area contributed by atoms with Crippen LogP contribution in [0.2, 0.25) is 0 Å². The zero-order valence-electron chi connectivity index (χ0n) is 13.1. The number of hydrogen-bond donors (Lipinski definition) is 0. The van der Waals surface area contributed by atoms with Crippen molar-refractivity contribution in [1.29, 1.82) is 0 Å². The topological polar surface area (TPSA) is 52.6 Å². The van der Waals surface area contributed by atoms with Crippen LogP contribution in [0, 0.1) is 5.41 Å². The highest BCUT2D eigenvalue weighted by atomic mass is 19.1. The van der Waals surface area contributed by atoms with Crippen molar-refractivity contribution >= 4 is 11.9 Å². The highest BCUT2D eigenvalue weighted by molar-refractivity contribution is 6.01. The molecule has 0 bridgehead atoms. The summed E-state index contributed by atoms with van der Waals surface area (Å²) in [5, 5.41) is 0. The third-order valence-corrected chi connectivity index (χ3v) is 3.57. The third-order valence-electron chi connectivity index (χ3n) is 3.57. The van der Waals surface area contributed by atoms with Crippen LogP contribution >= 0.6 is 0 Å². The van der Waals surface area contributed by atoms with Gasteiger partial charge in [0, 0.05) is 0 Å². The van der Waals surface area contributed by atoms with Crippen molar-refractivity contribution < 1.29 is 23.5 Å². The standard InChI is InChI=1S/C17H21FO4/c1-5-17(18,13-11-9-8-10-12-13)16(4,14(19)21-6-2)15(20)22-7-3/h5,8-12H,1,6-7H2,2-4H3/t17-/m1/s1. The number of allylic oxidation sites excluding steroid dienone is 1. The molecule has 0 N–H and O–H groups in total. The minimum atomic E-state index is -2.45. The first-order chi connectivity index (χ1) is 10.4. The van der Waals surface area contributed by atoms with Gasteiger partial charge in [-0.05, 0) is 32.4 Å². The van der Waals surface area contributed by atoms with Crippen LogP contribution in [0.25, 0.3) is 0 Å². The molecule has 1 atom stereocenters. The molecule has 1 rings (SSSR count). The molecule has 1 aromatic carbocycles. The maximum absolute atomic E-state index is 15.7. The van der Waals surface area contributed by atoms with Gasteiger partial charge in [0.2, 0.25) is 5.41 Å². The predicted octanol–water partition coefficient (Wildman–Crippen LogP) is 3.17. The molecule has 1 aromatic rings. The van der Waals surface area contributed by atoms with Crippen molar-refractivity contribution in [3.05, 3.63) is 48.6 Å². The van der Waals surface area contributed by atoms with E-state index >= 15 is 4.39 Å². The van der Waals surface area contributed by atoms with Crippen molar-refractivity contribution in [2.45, 2.75) is 26.4 Å². The van der Waals surface area contributed by atoms with Gasteiger partial charge in [-0.25, -0.2) is 4.39 Å². The molecule has 0 spiro atoms. The number of carbonyl (C=O) groups excluding carboxylic acids is 2. The summed E-state index contributed by atoms with van der Waals surface area (Å²) in [6.45, 7) is 7.86. The highest BCUT2D eigenvalue weighted by Crippen LogP contribution is 2.46. The Kier molecular flexibility index (Phi) is 5.85. The Balaban J connectivity index is 3.49. The van der Waals surface area contributed by atoms with Gasteiger partial charge in [0.25, 0.3) is 0 Å². The molecule has 0 aromatic heterocycles. The van der Waals surface area contributed by atoms with Crippen LogP contribution < -0.4 is 0 Å². The number of carbonyl (C=O) groups is 2. The first kappa shape index (κ1) is 17.9. The van der Waals surface area contributed by atoms with Gasteiger partial charge < -0.3 is 9.47 Å². The SMILES string of the molecule is C=C[C@@](F)(c1ccccc1)C(C)(C(=O)OCC)C(=O)OCC. The Morgan fingerprint density at radius 2 is 1.59 bits per heavy atom. The minimum absolute atomic E-state index is 0.0237.